The van der Waals surface area contributed by atoms with Gasteiger partial charge in [-0.1, -0.05) is 6.07 Å². The average molecular weight is 435 g/mol. The highest BCUT2D eigenvalue weighted by Gasteiger charge is 2.42. The van der Waals surface area contributed by atoms with Gasteiger partial charge in [0.25, 0.3) is 0 Å². The lowest BCUT2D eigenvalue weighted by atomic mass is 9.81. The van der Waals surface area contributed by atoms with Gasteiger partial charge in [-0.3, -0.25) is 0 Å². The molecule has 3 aromatic rings. The normalized spacial score (nSPS) is 19.7. The molecule has 0 amide bonds. The number of alkyl halides is 3. The van der Waals surface area contributed by atoms with Crippen LogP contribution in [0.4, 0.5) is 13.2 Å². The van der Waals surface area contributed by atoms with Crippen molar-refractivity contribution in [3.63, 3.8) is 0 Å². The van der Waals surface area contributed by atoms with Crippen molar-refractivity contribution >= 4 is 22.1 Å². The number of ether oxygens (including phenoxy) is 1. The van der Waals surface area contributed by atoms with E-state index in [4.69, 9.17) is 9.15 Å². The first-order chi connectivity index (χ1) is 14.4. The molecule has 2 aromatic carbocycles. The Bertz CT molecular complexity index is 1090. The third kappa shape index (κ3) is 3.32. The summed E-state index contributed by atoms with van der Waals surface area (Å²) in [4.78, 5) is 0.532. The summed E-state index contributed by atoms with van der Waals surface area (Å²) in [6.07, 6.45) is -2.00. The van der Waals surface area contributed by atoms with E-state index in [2.05, 4.69) is 5.32 Å². The smallest absolute Gasteiger partial charge is 0.416 e. The molecule has 5 rings (SSSR count). The SMILES string of the molecule is [O-][S+](c1cccc(C(F)(F)F)c1)c1ccc2c3c(oc2c1)C1(CCOCC1)NCC3. The van der Waals surface area contributed by atoms with Gasteiger partial charge in [0.1, 0.15) is 11.3 Å². The number of halogens is 3. The molecule has 0 bridgehead atoms. The zero-order valence-corrected chi connectivity index (χ0v) is 16.9. The van der Waals surface area contributed by atoms with Crippen molar-refractivity contribution in [2.24, 2.45) is 0 Å². The average Bonchev–Trinajstić information content (AvgIpc) is 3.13. The summed E-state index contributed by atoms with van der Waals surface area (Å²) in [5.41, 5.74) is 0.718. The van der Waals surface area contributed by atoms with Crippen molar-refractivity contribution in [2.75, 3.05) is 19.8 Å². The Morgan fingerprint density at radius 3 is 2.57 bits per heavy atom. The molecular formula is C22H20F3NO3S. The van der Waals surface area contributed by atoms with Gasteiger partial charge in [-0.05, 0) is 43.5 Å². The molecule has 1 atom stereocenters. The Hall–Kier alpha value is -2.00. The molecule has 8 heteroatoms. The van der Waals surface area contributed by atoms with Crippen LogP contribution in [0.15, 0.2) is 56.7 Å². The maximum atomic E-state index is 13.0. The van der Waals surface area contributed by atoms with Gasteiger partial charge in [-0.25, -0.2) is 0 Å². The Labute approximate surface area is 174 Å². The highest BCUT2D eigenvalue weighted by atomic mass is 32.2. The standard InChI is InChI=1S/C22H20F3NO3S/c23-22(24,25)14-2-1-3-15(12-14)30(27)16-4-5-17-18-6-9-26-21(7-10-28-11-8-21)20(18)29-19(17)13-16/h1-5,12-13,26H,6-11H2. The zero-order chi connectivity index (χ0) is 20.9. The van der Waals surface area contributed by atoms with Gasteiger partial charge < -0.3 is 19.0 Å². The van der Waals surface area contributed by atoms with E-state index in [9.17, 15) is 17.7 Å². The van der Waals surface area contributed by atoms with E-state index in [1.54, 1.807) is 12.1 Å². The van der Waals surface area contributed by atoms with E-state index in [-0.39, 0.29) is 10.4 Å². The maximum absolute atomic E-state index is 13.0. The minimum atomic E-state index is -4.48. The molecular weight excluding hydrogens is 415 g/mol. The summed E-state index contributed by atoms with van der Waals surface area (Å²) >= 11 is -1.74. The van der Waals surface area contributed by atoms with E-state index < -0.39 is 22.9 Å². The van der Waals surface area contributed by atoms with Crippen molar-refractivity contribution in [1.82, 2.24) is 5.32 Å². The van der Waals surface area contributed by atoms with Crippen LogP contribution in [0.1, 0.15) is 29.7 Å². The second-order valence-corrected chi connectivity index (χ2v) is 9.21. The van der Waals surface area contributed by atoms with Gasteiger partial charge >= 0.3 is 6.18 Å². The van der Waals surface area contributed by atoms with Crippen molar-refractivity contribution in [1.29, 1.82) is 0 Å². The van der Waals surface area contributed by atoms with E-state index in [1.807, 2.05) is 6.07 Å². The number of fused-ring (bicyclic) bond motifs is 4. The van der Waals surface area contributed by atoms with Gasteiger partial charge in [0.15, 0.2) is 9.79 Å². The van der Waals surface area contributed by atoms with E-state index >= 15 is 0 Å². The van der Waals surface area contributed by atoms with Gasteiger partial charge in [0.2, 0.25) is 0 Å². The molecule has 30 heavy (non-hydrogen) atoms. The first kappa shape index (κ1) is 19.9. The predicted octanol–water partition coefficient (Wildman–Crippen LogP) is 4.77. The number of furan rings is 1. The van der Waals surface area contributed by atoms with Crippen LogP contribution in [0.2, 0.25) is 0 Å². The molecule has 1 aromatic heterocycles. The fraction of sp³-hybridized carbons (Fsp3) is 0.364. The molecule has 1 fully saturated rings. The molecule has 4 nitrogen and oxygen atoms in total. The van der Waals surface area contributed by atoms with Crippen LogP contribution in [0.3, 0.4) is 0 Å². The lowest BCUT2D eigenvalue weighted by Crippen LogP contribution is -2.50. The summed E-state index contributed by atoms with van der Waals surface area (Å²) in [5, 5.41) is 4.57. The van der Waals surface area contributed by atoms with Crippen LogP contribution in [0.25, 0.3) is 11.0 Å². The lowest BCUT2D eigenvalue weighted by Gasteiger charge is -2.39. The molecule has 0 aliphatic carbocycles. The molecule has 1 saturated heterocycles. The maximum Gasteiger partial charge on any atom is 0.416 e. The Kier molecular flexibility index (Phi) is 4.85. The Morgan fingerprint density at radius 2 is 1.80 bits per heavy atom. The number of hydrogen-bond donors (Lipinski definition) is 1. The topological polar surface area (TPSA) is 57.5 Å². The van der Waals surface area contributed by atoms with Crippen LogP contribution in [0, 0.1) is 0 Å². The van der Waals surface area contributed by atoms with Crippen LogP contribution in [-0.4, -0.2) is 24.3 Å². The monoisotopic (exact) mass is 435 g/mol. The highest BCUT2D eigenvalue weighted by Crippen LogP contribution is 2.42. The van der Waals surface area contributed by atoms with Gasteiger partial charge in [-0.2, -0.15) is 13.2 Å². The molecule has 2 aliphatic rings. The fourth-order valence-corrected chi connectivity index (χ4v) is 5.55. The quantitative estimate of drug-likeness (QED) is 0.589. The molecule has 2 aliphatic heterocycles. The van der Waals surface area contributed by atoms with Crippen LogP contribution in [0.5, 0.6) is 0 Å². The molecule has 1 spiro atoms. The number of rotatable bonds is 2. The van der Waals surface area contributed by atoms with Gasteiger partial charge in [0, 0.05) is 54.0 Å². The Balaban J connectivity index is 1.53. The Morgan fingerprint density at radius 1 is 1.03 bits per heavy atom. The summed E-state index contributed by atoms with van der Waals surface area (Å²) in [7, 11) is 0. The molecule has 158 valence electrons. The van der Waals surface area contributed by atoms with Crippen LogP contribution >= 0.6 is 0 Å². The van der Waals surface area contributed by atoms with E-state index in [0.717, 1.165) is 54.6 Å². The molecule has 1 unspecified atom stereocenters. The van der Waals surface area contributed by atoms with Crippen molar-refractivity contribution in [3.05, 3.63) is 59.4 Å². The zero-order valence-electron chi connectivity index (χ0n) is 16.1. The first-order valence-corrected chi connectivity index (χ1v) is 11.0. The van der Waals surface area contributed by atoms with E-state index in [0.29, 0.717) is 23.7 Å². The third-order valence-corrected chi connectivity index (χ3v) is 7.34. The second-order valence-electron chi connectivity index (χ2n) is 7.73. The molecule has 3 heterocycles. The molecule has 1 N–H and O–H groups in total. The molecule has 0 radical (unpaired) electrons. The summed E-state index contributed by atoms with van der Waals surface area (Å²) in [6, 6.07) is 9.92. The highest BCUT2D eigenvalue weighted by molar-refractivity contribution is 7.91. The fourth-order valence-electron chi connectivity index (χ4n) is 4.43. The number of nitrogens with one attached hydrogen (secondary N) is 1. The lowest BCUT2D eigenvalue weighted by molar-refractivity contribution is -0.137. The van der Waals surface area contributed by atoms with Crippen LogP contribution < -0.4 is 5.32 Å². The minimum absolute atomic E-state index is 0.114. The number of benzene rings is 2. The van der Waals surface area contributed by atoms with Crippen molar-refractivity contribution in [2.45, 2.75) is 40.8 Å². The van der Waals surface area contributed by atoms with Gasteiger partial charge in [-0.15, -0.1) is 0 Å². The van der Waals surface area contributed by atoms with Crippen molar-refractivity contribution < 1.29 is 26.9 Å². The largest absolute Gasteiger partial charge is 0.606 e. The number of hydrogen-bond acceptors (Lipinski definition) is 4. The van der Waals surface area contributed by atoms with Crippen molar-refractivity contribution in [3.8, 4) is 0 Å². The van der Waals surface area contributed by atoms with E-state index in [1.165, 1.54) is 12.1 Å². The summed E-state index contributed by atoms with van der Waals surface area (Å²) in [5.74, 6) is 0.911. The summed E-state index contributed by atoms with van der Waals surface area (Å²) in [6.45, 7) is 2.17. The minimum Gasteiger partial charge on any atom is -0.606 e. The first-order valence-electron chi connectivity index (χ1n) is 9.85. The summed E-state index contributed by atoms with van der Waals surface area (Å²) < 4.78 is 63.8. The predicted molar refractivity (Wildman–Crippen MR) is 106 cm³/mol. The molecule has 0 saturated carbocycles. The third-order valence-electron chi connectivity index (χ3n) is 5.97. The van der Waals surface area contributed by atoms with Gasteiger partial charge in [0.05, 0.1) is 11.1 Å². The van der Waals surface area contributed by atoms with Crippen LogP contribution in [-0.2, 0) is 34.0 Å². The second kappa shape index (κ2) is 7.30.